The van der Waals surface area contributed by atoms with Crippen molar-refractivity contribution in [2.75, 3.05) is 0 Å². The largest absolute Gasteiger partial charge is 0.339 e. The summed E-state index contributed by atoms with van der Waals surface area (Å²) in [5.74, 6) is 1.68. The second-order valence-electron chi connectivity index (χ2n) is 6.13. The number of hydrogen-bond donors (Lipinski definition) is 0. The number of aromatic nitrogens is 2. The molecule has 2 aromatic rings. The molecule has 0 radical (unpaired) electrons. The summed E-state index contributed by atoms with van der Waals surface area (Å²) in [5.41, 5.74) is 2.75. The third-order valence-corrected chi connectivity index (χ3v) is 4.73. The fourth-order valence-corrected chi connectivity index (χ4v) is 3.54. The van der Waals surface area contributed by atoms with Gasteiger partial charge in [-0.05, 0) is 36.8 Å². The van der Waals surface area contributed by atoms with E-state index in [0.29, 0.717) is 18.2 Å². The zero-order valence-electron chi connectivity index (χ0n) is 11.9. The van der Waals surface area contributed by atoms with Gasteiger partial charge in [0.05, 0.1) is 5.92 Å². The average molecular weight is 282 g/mol. The van der Waals surface area contributed by atoms with Crippen LogP contribution in [0.15, 0.2) is 28.8 Å². The highest BCUT2D eigenvalue weighted by Crippen LogP contribution is 2.34. The first-order chi connectivity index (χ1) is 10.3. The fourth-order valence-electron chi connectivity index (χ4n) is 3.54. The predicted octanol–water partition coefficient (Wildman–Crippen LogP) is 3.18. The van der Waals surface area contributed by atoms with Crippen molar-refractivity contribution in [1.82, 2.24) is 10.1 Å². The van der Waals surface area contributed by atoms with Crippen LogP contribution >= 0.6 is 0 Å². The van der Waals surface area contributed by atoms with Gasteiger partial charge in [0.25, 0.3) is 0 Å². The highest BCUT2D eigenvalue weighted by Gasteiger charge is 2.31. The Morgan fingerprint density at radius 3 is 2.57 bits per heavy atom. The molecule has 1 fully saturated rings. The minimum Gasteiger partial charge on any atom is -0.339 e. The Hall–Kier alpha value is -1.97. The van der Waals surface area contributed by atoms with Crippen LogP contribution in [0.5, 0.6) is 0 Å². The number of fused-ring (bicyclic) bond motifs is 1. The van der Waals surface area contributed by atoms with Gasteiger partial charge in [-0.25, -0.2) is 0 Å². The van der Waals surface area contributed by atoms with Crippen LogP contribution in [0.3, 0.4) is 0 Å². The molecule has 0 bridgehead atoms. The van der Waals surface area contributed by atoms with Gasteiger partial charge >= 0.3 is 0 Å². The monoisotopic (exact) mass is 282 g/mol. The van der Waals surface area contributed by atoms with Gasteiger partial charge in [0.1, 0.15) is 5.78 Å². The number of ketones is 1. The number of rotatable bonds is 2. The Morgan fingerprint density at radius 2 is 1.86 bits per heavy atom. The van der Waals surface area contributed by atoms with E-state index >= 15 is 0 Å². The van der Waals surface area contributed by atoms with E-state index in [-0.39, 0.29) is 11.7 Å². The van der Waals surface area contributed by atoms with E-state index < -0.39 is 0 Å². The highest BCUT2D eigenvalue weighted by atomic mass is 16.5. The SMILES string of the molecule is O=C1CCCCC1c1nc(C2Cc3ccccc3C2)no1. The van der Waals surface area contributed by atoms with Gasteiger partial charge in [-0.2, -0.15) is 4.98 Å². The number of hydrogen-bond acceptors (Lipinski definition) is 4. The number of Topliss-reactive ketones (excluding diaryl/α,β-unsaturated/α-hetero) is 1. The summed E-state index contributed by atoms with van der Waals surface area (Å²) in [6, 6.07) is 8.48. The van der Waals surface area contributed by atoms with Crippen molar-refractivity contribution in [2.45, 2.75) is 50.4 Å². The van der Waals surface area contributed by atoms with Gasteiger partial charge in [0.2, 0.25) is 5.89 Å². The first-order valence-electron chi connectivity index (χ1n) is 7.74. The molecule has 1 saturated carbocycles. The van der Waals surface area contributed by atoms with E-state index in [1.807, 2.05) is 0 Å². The second kappa shape index (κ2) is 5.10. The summed E-state index contributed by atoms with van der Waals surface area (Å²) >= 11 is 0. The molecule has 1 heterocycles. The molecule has 2 aliphatic rings. The van der Waals surface area contributed by atoms with Crippen molar-refractivity contribution in [3.8, 4) is 0 Å². The van der Waals surface area contributed by atoms with Gasteiger partial charge in [-0.15, -0.1) is 0 Å². The van der Waals surface area contributed by atoms with Crippen molar-refractivity contribution in [3.05, 3.63) is 47.1 Å². The van der Waals surface area contributed by atoms with Crippen LogP contribution in [0.2, 0.25) is 0 Å². The van der Waals surface area contributed by atoms with Crippen LogP contribution in [0.4, 0.5) is 0 Å². The molecule has 1 aromatic carbocycles. The summed E-state index contributed by atoms with van der Waals surface area (Å²) < 4.78 is 5.40. The van der Waals surface area contributed by atoms with Crippen molar-refractivity contribution in [1.29, 1.82) is 0 Å². The molecule has 4 rings (SSSR count). The molecule has 4 nitrogen and oxygen atoms in total. The summed E-state index contributed by atoms with van der Waals surface area (Å²) in [6.07, 6.45) is 5.50. The smallest absolute Gasteiger partial charge is 0.237 e. The molecule has 0 aliphatic heterocycles. The molecular weight excluding hydrogens is 264 g/mol. The Bertz CT molecular complexity index is 652. The van der Waals surface area contributed by atoms with E-state index in [1.54, 1.807) is 0 Å². The molecule has 2 aliphatic carbocycles. The number of carbonyl (C=O) groups excluding carboxylic acids is 1. The molecular formula is C17H18N2O2. The van der Waals surface area contributed by atoms with Crippen LogP contribution in [0.1, 0.15) is 60.4 Å². The van der Waals surface area contributed by atoms with E-state index in [2.05, 4.69) is 34.4 Å². The molecule has 0 amide bonds. The van der Waals surface area contributed by atoms with Crippen molar-refractivity contribution in [3.63, 3.8) is 0 Å². The Balaban J connectivity index is 1.54. The molecule has 0 spiro atoms. The van der Waals surface area contributed by atoms with E-state index in [1.165, 1.54) is 11.1 Å². The topological polar surface area (TPSA) is 56.0 Å². The maximum atomic E-state index is 12.0. The first-order valence-corrected chi connectivity index (χ1v) is 7.74. The Kier molecular flexibility index (Phi) is 3.09. The Labute approximate surface area is 123 Å². The van der Waals surface area contributed by atoms with Crippen LogP contribution in [0, 0.1) is 0 Å². The van der Waals surface area contributed by atoms with Gasteiger partial charge in [0.15, 0.2) is 5.82 Å². The van der Waals surface area contributed by atoms with Crippen LogP contribution in [-0.2, 0) is 17.6 Å². The minimum absolute atomic E-state index is 0.163. The summed E-state index contributed by atoms with van der Waals surface area (Å²) in [4.78, 5) is 16.5. The fraction of sp³-hybridized carbons (Fsp3) is 0.471. The van der Waals surface area contributed by atoms with Crippen molar-refractivity contribution in [2.24, 2.45) is 0 Å². The van der Waals surface area contributed by atoms with Gasteiger partial charge < -0.3 is 4.52 Å². The lowest BCUT2D eigenvalue weighted by atomic mass is 9.88. The van der Waals surface area contributed by atoms with Gasteiger partial charge in [0, 0.05) is 12.3 Å². The van der Waals surface area contributed by atoms with E-state index in [4.69, 9.17) is 4.52 Å². The maximum absolute atomic E-state index is 12.0. The lowest BCUT2D eigenvalue weighted by molar-refractivity contribution is -0.122. The summed E-state index contributed by atoms with van der Waals surface area (Å²) in [5, 5.41) is 4.15. The summed E-state index contributed by atoms with van der Waals surface area (Å²) in [6.45, 7) is 0. The molecule has 21 heavy (non-hydrogen) atoms. The van der Waals surface area contributed by atoms with Crippen LogP contribution in [0.25, 0.3) is 0 Å². The van der Waals surface area contributed by atoms with Gasteiger partial charge in [-0.3, -0.25) is 4.79 Å². The summed E-state index contributed by atoms with van der Waals surface area (Å²) in [7, 11) is 0. The zero-order valence-corrected chi connectivity index (χ0v) is 11.9. The normalized spacial score (nSPS) is 22.5. The van der Waals surface area contributed by atoms with Crippen LogP contribution < -0.4 is 0 Å². The first kappa shape index (κ1) is 12.7. The van der Waals surface area contributed by atoms with E-state index in [0.717, 1.165) is 37.9 Å². The third-order valence-electron chi connectivity index (χ3n) is 4.73. The van der Waals surface area contributed by atoms with Crippen molar-refractivity contribution >= 4 is 5.78 Å². The van der Waals surface area contributed by atoms with Crippen molar-refractivity contribution < 1.29 is 9.32 Å². The predicted molar refractivity (Wildman–Crippen MR) is 77.1 cm³/mol. The molecule has 4 heteroatoms. The number of nitrogens with zero attached hydrogens (tertiary/aromatic N) is 2. The minimum atomic E-state index is -0.163. The quantitative estimate of drug-likeness (QED) is 0.849. The molecule has 1 unspecified atom stereocenters. The lowest BCUT2D eigenvalue weighted by Gasteiger charge is -2.16. The Morgan fingerprint density at radius 1 is 1.10 bits per heavy atom. The number of benzene rings is 1. The molecule has 108 valence electrons. The second-order valence-corrected chi connectivity index (χ2v) is 6.13. The van der Waals surface area contributed by atoms with E-state index in [9.17, 15) is 4.79 Å². The highest BCUT2D eigenvalue weighted by molar-refractivity contribution is 5.85. The average Bonchev–Trinajstić information content (AvgIpc) is 3.14. The molecule has 0 N–H and O–H groups in total. The zero-order chi connectivity index (χ0) is 14.2. The molecule has 1 aromatic heterocycles. The lowest BCUT2D eigenvalue weighted by Crippen LogP contribution is -2.17. The third kappa shape index (κ3) is 2.28. The standard InChI is InChI=1S/C17H18N2O2/c20-15-8-4-3-7-14(15)17-18-16(19-21-17)13-9-11-5-1-2-6-12(11)10-13/h1-2,5-6,13-14H,3-4,7-10H2. The van der Waals surface area contributed by atoms with Gasteiger partial charge in [-0.1, -0.05) is 35.8 Å². The molecule has 1 atom stereocenters. The van der Waals surface area contributed by atoms with Crippen LogP contribution in [-0.4, -0.2) is 15.9 Å². The maximum Gasteiger partial charge on any atom is 0.237 e. The number of carbonyl (C=O) groups is 1. The molecule has 0 saturated heterocycles.